The minimum Gasteiger partial charge on any atom is -0.478 e. The van der Waals surface area contributed by atoms with Gasteiger partial charge in [-0.05, 0) is 53.0 Å². The number of carboxylic acids is 1. The van der Waals surface area contributed by atoms with Crippen LogP contribution in [0.25, 0.3) is 11.1 Å². The second-order valence-corrected chi connectivity index (χ2v) is 6.52. The summed E-state index contributed by atoms with van der Waals surface area (Å²) in [6.45, 7) is -2.42. The van der Waals surface area contributed by atoms with E-state index in [0.717, 1.165) is 0 Å². The quantitative estimate of drug-likeness (QED) is 0.414. The molecule has 150 valence electrons. The van der Waals surface area contributed by atoms with Crippen LogP contribution in [0, 0.1) is 0 Å². The van der Waals surface area contributed by atoms with Gasteiger partial charge in [0.15, 0.2) is 0 Å². The predicted octanol–water partition coefficient (Wildman–Crippen LogP) is 4.44. The molecule has 0 aliphatic carbocycles. The highest BCUT2D eigenvalue weighted by atomic mass is 35.5. The lowest BCUT2D eigenvalue weighted by atomic mass is 10.0. The Morgan fingerprint density at radius 3 is 2.72 bits per heavy atom. The fourth-order valence-electron chi connectivity index (χ4n) is 2.63. The molecule has 0 aliphatic rings. The number of aliphatic hydroxyl groups is 1. The molecule has 0 radical (unpaired) electrons. The number of halogens is 1. The Bertz CT molecular complexity index is 1230. The lowest BCUT2D eigenvalue weighted by molar-refractivity contribution is 0.0697. The molecule has 3 aromatic carbocycles. The maximum absolute atomic E-state index is 11.2. The predicted molar refractivity (Wildman–Crippen MR) is 117 cm³/mol. The maximum Gasteiger partial charge on any atom is 0.335 e. The van der Waals surface area contributed by atoms with Crippen LogP contribution in [0.15, 0.2) is 72.7 Å². The number of rotatable bonds is 9. The molecule has 4 N–H and O–H groups in total. The van der Waals surface area contributed by atoms with Gasteiger partial charge in [-0.25, -0.2) is 4.79 Å². The van der Waals surface area contributed by atoms with E-state index in [1.165, 1.54) is 12.1 Å². The van der Waals surface area contributed by atoms with Crippen molar-refractivity contribution in [2.45, 2.75) is 6.10 Å². The molecular weight excluding hydrogens is 388 g/mol. The van der Waals surface area contributed by atoms with Crippen molar-refractivity contribution in [1.29, 1.82) is 0 Å². The van der Waals surface area contributed by atoms with Gasteiger partial charge < -0.3 is 20.8 Å². The van der Waals surface area contributed by atoms with Crippen LogP contribution in [0.3, 0.4) is 0 Å². The molecule has 3 aromatic rings. The molecule has 0 aromatic heterocycles. The Kier molecular flexibility index (Phi) is 4.92. The first-order valence-corrected chi connectivity index (χ1v) is 9.15. The zero-order chi connectivity index (χ0) is 25.9. The summed E-state index contributed by atoms with van der Waals surface area (Å²) in [6.07, 6.45) is -1.40. The van der Waals surface area contributed by atoms with Gasteiger partial charge in [0.2, 0.25) is 0 Å². The van der Waals surface area contributed by atoms with Gasteiger partial charge in [-0.3, -0.25) is 0 Å². The van der Waals surface area contributed by atoms with Crippen LogP contribution in [0.4, 0.5) is 5.69 Å². The van der Waals surface area contributed by atoms with Crippen LogP contribution in [0.2, 0.25) is 5.02 Å². The van der Waals surface area contributed by atoms with Crippen molar-refractivity contribution in [3.05, 3.63) is 88.9 Å². The highest BCUT2D eigenvalue weighted by Crippen LogP contribution is 2.23. The number of nitrogens with one attached hydrogen (secondary N) is 2. The molecule has 6 heteroatoms. The lowest BCUT2D eigenvalue weighted by Crippen LogP contribution is -2.26. The first-order valence-electron chi connectivity index (χ1n) is 11.8. The van der Waals surface area contributed by atoms with E-state index in [-0.39, 0.29) is 29.2 Å². The van der Waals surface area contributed by atoms with Crippen molar-refractivity contribution in [2.24, 2.45) is 0 Å². The van der Waals surface area contributed by atoms with E-state index >= 15 is 0 Å². The van der Waals surface area contributed by atoms with Crippen molar-refractivity contribution < 1.29 is 23.2 Å². The van der Waals surface area contributed by atoms with Crippen molar-refractivity contribution in [2.75, 3.05) is 24.9 Å². The smallest absolute Gasteiger partial charge is 0.335 e. The van der Waals surface area contributed by atoms with E-state index in [0.29, 0.717) is 16.8 Å². The van der Waals surface area contributed by atoms with E-state index in [1.54, 1.807) is 36.4 Å². The van der Waals surface area contributed by atoms with Gasteiger partial charge in [0.05, 0.1) is 19.9 Å². The van der Waals surface area contributed by atoms with E-state index in [2.05, 4.69) is 10.6 Å². The number of carboxylic acid groups (broad SMARTS) is 1. The SMILES string of the molecule is [2H]c1c([2H])c(Cl)c([2H])c([C@@H](O)CNCC([2H])([2H])Nc2cccc(-c3cccc(C(=O)O)c3)c2)c1[2H]. The molecule has 5 nitrogen and oxygen atoms in total. The van der Waals surface area contributed by atoms with Crippen molar-refractivity contribution in [1.82, 2.24) is 5.32 Å². The van der Waals surface area contributed by atoms with Gasteiger partial charge >= 0.3 is 5.97 Å². The minimum absolute atomic E-state index is 0.141. The first kappa shape index (κ1) is 14.2. The number of carbonyl (C=O) groups is 1. The second-order valence-electron chi connectivity index (χ2n) is 6.14. The van der Waals surface area contributed by atoms with Crippen molar-refractivity contribution in [3.63, 3.8) is 0 Å². The molecule has 0 bridgehead atoms. The van der Waals surface area contributed by atoms with Gasteiger partial charge in [-0.1, -0.05) is 48.0 Å². The lowest BCUT2D eigenvalue weighted by Gasteiger charge is -2.13. The summed E-state index contributed by atoms with van der Waals surface area (Å²) in [6, 6.07) is 11.4. The fourth-order valence-corrected chi connectivity index (χ4v) is 2.78. The monoisotopic (exact) mass is 416 g/mol. The van der Waals surface area contributed by atoms with Crippen molar-refractivity contribution in [3.8, 4) is 11.1 Å². The number of aromatic carboxylic acids is 1. The Balaban J connectivity index is 1.67. The number of hydrogen-bond donors (Lipinski definition) is 4. The van der Waals surface area contributed by atoms with Crippen LogP contribution in [-0.2, 0) is 0 Å². The average Bonchev–Trinajstić information content (AvgIpc) is 2.81. The van der Waals surface area contributed by atoms with Gasteiger partial charge in [-0.15, -0.1) is 0 Å². The van der Waals surface area contributed by atoms with Crippen LogP contribution in [-0.4, -0.2) is 35.8 Å². The summed E-state index contributed by atoms with van der Waals surface area (Å²) >= 11 is 5.87. The Hall–Kier alpha value is -2.86. The molecule has 1 atom stereocenters. The molecule has 0 amide bonds. The maximum atomic E-state index is 11.2. The molecule has 0 spiro atoms. The highest BCUT2D eigenvalue weighted by Gasteiger charge is 2.07. The minimum atomic E-state index is -1.96. The van der Waals surface area contributed by atoms with E-state index in [1.807, 2.05) is 0 Å². The molecule has 0 saturated carbocycles. The Labute approximate surface area is 183 Å². The third-order valence-corrected chi connectivity index (χ3v) is 4.23. The number of anilines is 1. The Morgan fingerprint density at radius 2 is 1.93 bits per heavy atom. The molecule has 3 rings (SSSR count). The van der Waals surface area contributed by atoms with Gasteiger partial charge in [-0.2, -0.15) is 0 Å². The fraction of sp³-hybridized carbons (Fsp3) is 0.174. The topological polar surface area (TPSA) is 81.6 Å². The number of hydrogen-bond acceptors (Lipinski definition) is 4. The zero-order valence-electron chi connectivity index (χ0n) is 21.3. The van der Waals surface area contributed by atoms with Gasteiger partial charge in [0, 0.05) is 30.3 Å². The Morgan fingerprint density at radius 1 is 1.17 bits per heavy atom. The van der Waals surface area contributed by atoms with Crippen LogP contribution in [0.1, 0.15) is 30.2 Å². The molecule has 29 heavy (non-hydrogen) atoms. The third-order valence-electron chi connectivity index (χ3n) is 4.04. The van der Waals surface area contributed by atoms with Crippen LogP contribution >= 0.6 is 11.6 Å². The summed E-state index contributed by atoms with van der Waals surface area (Å²) < 4.78 is 47.8. The summed E-state index contributed by atoms with van der Waals surface area (Å²) in [4.78, 5) is 11.2. The van der Waals surface area contributed by atoms with Crippen molar-refractivity contribution >= 4 is 23.3 Å². The largest absolute Gasteiger partial charge is 0.478 e. The zero-order valence-corrected chi connectivity index (χ0v) is 16.0. The number of benzene rings is 3. The van der Waals surface area contributed by atoms with E-state index in [4.69, 9.17) is 19.8 Å². The summed E-state index contributed by atoms with van der Waals surface area (Å²) in [7, 11) is 0. The average molecular weight is 417 g/mol. The van der Waals surface area contributed by atoms with Gasteiger partial charge in [0.25, 0.3) is 0 Å². The standard InChI is InChI=1S/C23H23ClN2O3/c24-20-8-2-6-18(13-20)22(27)15-25-10-11-26-21-9-3-5-17(14-21)16-4-1-7-19(12-16)23(28)29/h1-9,12-14,22,25-27H,10-11,15H2,(H,28,29)/t22-/m0/s1/i2D,6D,8D,11D2,13D. The second kappa shape index (κ2) is 10.1. The first-order chi connectivity index (χ1) is 16.4. The number of aliphatic hydroxyl groups excluding tert-OH is 1. The molecule has 0 unspecified atom stereocenters. The molecule has 0 heterocycles. The molecule has 0 saturated heterocycles. The summed E-state index contributed by atoms with van der Waals surface area (Å²) in [5.74, 6) is -1.04. The summed E-state index contributed by atoms with van der Waals surface area (Å²) in [5, 5.41) is 24.8. The molecule has 0 fully saturated rings. The third kappa shape index (κ3) is 6.06. The summed E-state index contributed by atoms with van der Waals surface area (Å²) in [5.41, 5.74) is 1.76. The molecular formula is C23H23ClN2O3. The van der Waals surface area contributed by atoms with E-state index < -0.39 is 42.7 Å². The van der Waals surface area contributed by atoms with E-state index in [9.17, 15) is 15.0 Å². The normalized spacial score (nSPS) is 15.2. The highest BCUT2D eigenvalue weighted by molar-refractivity contribution is 6.30. The molecule has 0 aliphatic heterocycles. The van der Waals surface area contributed by atoms with Crippen LogP contribution in [0.5, 0.6) is 0 Å². The van der Waals surface area contributed by atoms with Crippen LogP contribution < -0.4 is 10.6 Å². The van der Waals surface area contributed by atoms with Gasteiger partial charge in [0.1, 0.15) is 0 Å².